The molecule has 3 saturated heterocycles. The molecule has 3 aliphatic rings. The number of rotatable bonds is 16. The molecular formula is C48H60N4O6Si. The number of benzene rings is 4. The predicted octanol–water partition coefficient (Wildman–Crippen LogP) is 9.39. The molecule has 312 valence electrons. The number of H-pyrrole nitrogens is 1. The van der Waals surface area contributed by atoms with E-state index < -0.39 is 14.4 Å². The second-order valence-electron chi connectivity index (χ2n) is 17.8. The standard InChI is InChI=1S/C48H60N4O6Si/c1-48(2,3)59(4,5)58-44(39-19-21-43(53)46-40(39)20-22-45(54)50-46)31-49-26-23-33-13-16-37(17-14-33)57-29-9-10-34-15-18-38(35-11-7-6-8-12-35)41(30-34)52(47(55)56)42-32-51-27-24-36(42)25-28-51/h6-8,11-22,30,36,42,44,49,53H,9-10,23-29,31-32H2,1-5H3,(H,50,54)(H,55,56)/t42?,44-/m0/s1. The smallest absolute Gasteiger partial charge is 0.412 e. The van der Waals surface area contributed by atoms with Crippen molar-refractivity contribution in [2.45, 2.75) is 83.2 Å². The number of phenolic OH excluding ortho intramolecular Hbond substituents is 1. The number of piperidine rings is 3. The van der Waals surface area contributed by atoms with Crippen molar-refractivity contribution < 1.29 is 24.2 Å². The zero-order valence-electron chi connectivity index (χ0n) is 35.2. The van der Waals surface area contributed by atoms with Gasteiger partial charge in [0.25, 0.3) is 0 Å². The van der Waals surface area contributed by atoms with E-state index in [9.17, 15) is 19.8 Å². The fourth-order valence-corrected chi connectivity index (χ4v) is 9.69. The first kappa shape index (κ1) is 42.2. The van der Waals surface area contributed by atoms with Crippen LogP contribution in [0.25, 0.3) is 22.0 Å². The van der Waals surface area contributed by atoms with Gasteiger partial charge in [-0.05, 0) is 128 Å². The predicted molar refractivity (Wildman–Crippen MR) is 239 cm³/mol. The molecular weight excluding hydrogens is 757 g/mol. The van der Waals surface area contributed by atoms with Crippen LogP contribution in [0.2, 0.25) is 18.1 Å². The Kier molecular flexibility index (Phi) is 13.0. The first-order chi connectivity index (χ1) is 28.3. The summed E-state index contributed by atoms with van der Waals surface area (Å²) in [5, 5.41) is 25.5. The number of aryl methyl sites for hydroxylation is 1. The molecule has 4 aromatic carbocycles. The van der Waals surface area contributed by atoms with Gasteiger partial charge in [0.05, 0.1) is 30.0 Å². The number of aromatic amines is 1. The van der Waals surface area contributed by atoms with Gasteiger partial charge in [-0.2, -0.15) is 0 Å². The lowest BCUT2D eigenvalue weighted by molar-refractivity contribution is 0.0837. The van der Waals surface area contributed by atoms with Crippen LogP contribution in [0.15, 0.2) is 102 Å². The molecule has 10 nitrogen and oxygen atoms in total. The Morgan fingerprint density at radius 1 is 0.949 bits per heavy atom. The number of carbonyl (C=O) groups is 1. The van der Waals surface area contributed by atoms with Gasteiger partial charge in [-0.1, -0.05) is 81.4 Å². The van der Waals surface area contributed by atoms with E-state index in [0.717, 1.165) is 97.4 Å². The van der Waals surface area contributed by atoms with Crippen molar-refractivity contribution in [3.05, 3.63) is 124 Å². The summed E-state index contributed by atoms with van der Waals surface area (Å²) in [4.78, 5) is 31.9. The monoisotopic (exact) mass is 816 g/mol. The SMILES string of the molecule is CC(C)(C)[Si](C)(C)O[C@@H](CNCCc1ccc(OCCCc2ccc(-c3ccccc3)c(N(C(=O)O)C3CN4CCC3CC4)c2)cc1)c1ccc(O)c2[nH]c(=O)ccc12. The molecule has 59 heavy (non-hydrogen) atoms. The van der Waals surface area contributed by atoms with Crippen molar-refractivity contribution >= 4 is 31.0 Å². The van der Waals surface area contributed by atoms with E-state index in [1.165, 1.54) is 11.6 Å². The number of anilines is 1. The zero-order chi connectivity index (χ0) is 41.7. The molecule has 1 amide bonds. The molecule has 0 aliphatic carbocycles. The number of carboxylic acid groups (broad SMARTS) is 1. The topological polar surface area (TPSA) is 127 Å². The van der Waals surface area contributed by atoms with Crippen LogP contribution in [0.5, 0.6) is 11.5 Å². The zero-order valence-corrected chi connectivity index (χ0v) is 36.2. The molecule has 0 spiro atoms. The molecule has 5 aromatic rings. The molecule has 4 N–H and O–H groups in total. The van der Waals surface area contributed by atoms with Crippen LogP contribution in [-0.2, 0) is 17.3 Å². The summed E-state index contributed by atoms with van der Waals surface area (Å²) in [5.74, 6) is 1.24. The lowest BCUT2D eigenvalue weighted by Crippen LogP contribution is -2.59. The number of phenols is 1. The van der Waals surface area contributed by atoms with E-state index in [4.69, 9.17) is 9.16 Å². The second kappa shape index (κ2) is 18.1. The van der Waals surface area contributed by atoms with E-state index in [-0.39, 0.29) is 28.5 Å². The first-order valence-electron chi connectivity index (χ1n) is 21.2. The van der Waals surface area contributed by atoms with E-state index in [1.54, 1.807) is 17.0 Å². The van der Waals surface area contributed by atoms with Gasteiger partial charge in [0, 0.05) is 30.1 Å². The molecule has 4 heterocycles. The average Bonchev–Trinajstić information content (AvgIpc) is 3.22. The van der Waals surface area contributed by atoms with Crippen molar-refractivity contribution in [1.29, 1.82) is 0 Å². The number of hydrogen-bond acceptors (Lipinski definition) is 7. The number of nitrogens with one attached hydrogen (secondary N) is 2. The van der Waals surface area contributed by atoms with Crippen LogP contribution in [0.4, 0.5) is 10.5 Å². The van der Waals surface area contributed by atoms with Crippen LogP contribution in [-0.4, -0.2) is 79.9 Å². The summed E-state index contributed by atoms with van der Waals surface area (Å²) in [6.45, 7) is 15.9. The number of aromatic hydroxyl groups is 1. The highest BCUT2D eigenvalue weighted by Gasteiger charge is 2.41. The molecule has 1 unspecified atom stereocenters. The minimum atomic E-state index is -2.18. The summed E-state index contributed by atoms with van der Waals surface area (Å²) in [5.41, 5.74) is 6.14. The van der Waals surface area contributed by atoms with Gasteiger partial charge in [0.2, 0.25) is 5.56 Å². The van der Waals surface area contributed by atoms with Crippen LogP contribution >= 0.6 is 0 Å². The summed E-state index contributed by atoms with van der Waals surface area (Å²) in [7, 11) is -2.18. The normalized spacial score (nSPS) is 18.5. The molecule has 0 radical (unpaired) electrons. The summed E-state index contributed by atoms with van der Waals surface area (Å²) in [6.07, 6.45) is 3.33. The van der Waals surface area contributed by atoms with Crippen LogP contribution in [0.1, 0.15) is 62.8 Å². The Bertz CT molecular complexity index is 2260. The van der Waals surface area contributed by atoms with Crippen LogP contribution < -0.4 is 20.5 Å². The highest BCUT2D eigenvalue weighted by atomic mass is 28.4. The largest absolute Gasteiger partial charge is 0.506 e. The van der Waals surface area contributed by atoms with E-state index in [1.807, 2.05) is 36.4 Å². The number of hydrogen-bond donors (Lipinski definition) is 4. The van der Waals surface area contributed by atoms with Gasteiger partial charge in [-0.3, -0.25) is 9.69 Å². The third-order valence-electron chi connectivity index (χ3n) is 12.8. The maximum absolute atomic E-state index is 13.0. The number of ether oxygens (including phenoxy) is 1. The Morgan fingerprint density at radius 2 is 1.68 bits per heavy atom. The van der Waals surface area contributed by atoms with Crippen molar-refractivity contribution in [2.75, 3.05) is 44.2 Å². The minimum Gasteiger partial charge on any atom is -0.506 e. The lowest BCUT2D eigenvalue weighted by atomic mass is 9.82. The number of aromatic nitrogens is 1. The van der Waals surface area contributed by atoms with Crippen LogP contribution in [0, 0.1) is 5.92 Å². The van der Waals surface area contributed by atoms with E-state index in [2.05, 4.69) is 91.5 Å². The fraction of sp³-hybridized carbons (Fsp3) is 0.417. The lowest BCUT2D eigenvalue weighted by Gasteiger charge is -2.48. The van der Waals surface area contributed by atoms with Gasteiger partial charge in [0.1, 0.15) is 11.5 Å². The Balaban J connectivity index is 0.947. The minimum absolute atomic E-state index is 0.00429. The Hall–Kier alpha value is -4.94. The molecule has 8 rings (SSSR count). The summed E-state index contributed by atoms with van der Waals surface area (Å²) < 4.78 is 13.1. The highest BCUT2D eigenvalue weighted by molar-refractivity contribution is 6.74. The van der Waals surface area contributed by atoms with Gasteiger partial charge < -0.3 is 34.6 Å². The van der Waals surface area contributed by atoms with Gasteiger partial charge >= 0.3 is 6.09 Å². The maximum Gasteiger partial charge on any atom is 0.412 e. The number of fused-ring (bicyclic) bond motifs is 4. The first-order valence-corrected chi connectivity index (χ1v) is 24.1. The van der Waals surface area contributed by atoms with Crippen LogP contribution in [0.3, 0.4) is 0 Å². The fourth-order valence-electron chi connectivity index (χ4n) is 8.42. The Morgan fingerprint density at radius 3 is 2.36 bits per heavy atom. The molecule has 3 fully saturated rings. The molecule has 3 aliphatic heterocycles. The van der Waals surface area contributed by atoms with Crippen molar-refractivity contribution in [1.82, 2.24) is 15.2 Å². The van der Waals surface area contributed by atoms with E-state index in [0.29, 0.717) is 24.6 Å². The molecule has 11 heteroatoms. The molecule has 2 atom stereocenters. The third-order valence-corrected chi connectivity index (χ3v) is 17.3. The number of pyridine rings is 1. The molecule has 0 saturated carbocycles. The van der Waals surface area contributed by atoms with Crippen molar-refractivity contribution in [2.24, 2.45) is 5.92 Å². The Labute approximate surface area is 349 Å². The highest BCUT2D eigenvalue weighted by Crippen LogP contribution is 2.42. The van der Waals surface area contributed by atoms with Gasteiger partial charge in [0.15, 0.2) is 8.32 Å². The van der Waals surface area contributed by atoms with E-state index >= 15 is 0 Å². The molecule has 2 bridgehead atoms. The van der Waals surface area contributed by atoms with Gasteiger partial charge in [-0.15, -0.1) is 0 Å². The summed E-state index contributed by atoms with van der Waals surface area (Å²) >= 11 is 0. The quantitative estimate of drug-likeness (QED) is 0.0574. The second-order valence-corrected chi connectivity index (χ2v) is 22.5. The number of nitrogens with zero attached hydrogens (tertiary/aromatic N) is 2. The summed E-state index contributed by atoms with van der Waals surface area (Å²) in [6, 6.07) is 31.4. The number of amides is 1. The van der Waals surface area contributed by atoms with Crippen molar-refractivity contribution in [3.63, 3.8) is 0 Å². The average molecular weight is 817 g/mol. The molecule has 1 aromatic heterocycles. The van der Waals surface area contributed by atoms with Crippen molar-refractivity contribution in [3.8, 4) is 22.6 Å². The maximum atomic E-state index is 13.0. The third kappa shape index (κ3) is 9.92. The van der Waals surface area contributed by atoms with Gasteiger partial charge in [-0.25, -0.2) is 4.79 Å².